The van der Waals surface area contributed by atoms with Crippen LogP contribution in [0.1, 0.15) is 24.0 Å². The van der Waals surface area contributed by atoms with Crippen molar-refractivity contribution in [3.63, 3.8) is 0 Å². The maximum absolute atomic E-state index is 11.7. The molecule has 0 radical (unpaired) electrons. The zero-order chi connectivity index (χ0) is 13.8. The molecule has 3 nitrogen and oxygen atoms in total. The molecule has 1 aromatic rings. The fraction of sp³-hybridized carbons (Fsp3) is 0.533. The van der Waals surface area contributed by atoms with Gasteiger partial charge in [-0.05, 0) is 44.2 Å². The smallest absolute Gasteiger partial charge is 0.230 e. The second-order valence-electron chi connectivity index (χ2n) is 5.27. The SMILES string of the molecule is Cc1ccc(C)c(SCC(=O)NCC(O)C2CC2)c1. The Morgan fingerprint density at radius 2 is 2.21 bits per heavy atom. The molecule has 4 heteroatoms. The fourth-order valence-corrected chi connectivity index (χ4v) is 2.88. The highest BCUT2D eigenvalue weighted by molar-refractivity contribution is 8.00. The van der Waals surface area contributed by atoms with Gasteiger partial charge in [-0.3, -0.25) is 4.79 Å². The van der Waals surface area contributed by atoms with Gasteiger partial charge in [0.15, 0.2) is 0 Å². The lowest BCUT2D eigenvalue weighted by Gasteiger charge is -2.11. The normalized spacial score (nSPS) is 16.2. The van der Waals surface area contributed by atoms with Gasteiger partial charge in [0, 0.05) is 11.4 Å². The maximum Gasteiger partial charge on any atom is 0.230 e. The Labute approximate surface area is 118 Å². The van der Waals surface area contributed by atoms with Gasteiger partial charge in [-0.1, -0.05) is 17.7 Å². The summed E-state index contributed by atoms with van der Waals surface area (Å²) in [7, 11) is 0. The molecule has 0 aromatic heterocycles. The molecule has 0 aliphatic heterocycles. The molecule has 0 bridgehead atoms. The molecule has 1 aromatic carbocycles. The van der Waals surface area contributed by atoms with Crippen LogP contribution in [0.2, 0.25) is 0 Å². The summed E-state index contributed by atoms with van der Waals surface area (Å²) in [6, 6.07) is 6.25. The van der Waals surface area contributed by atoms with Gasteiger partial charge < -0.3 is 10.4 Å². The summed E-state index contributed by atoms with van der Waals surface area (Å²) in [5.74, 6) is 0.805. The van der Waals surface area contributed by atoms with Gasteiger partial charge in [0.25, 0.3) is 0 Å². The van der Waals surface area contributed by atoms with Gasteiger partial charge in [0.2, 0.25) is 5.91 Å². The summed E-state index contributed by atoms with van der Waals surface area (Å²) < 4.78 is 0. The number of benzene rings is 1. The molecule has 1 aliphatic rings. The highest BCUT2D eigenvalue weighted by Crippen LogP contribution is 2.32. The Hall–Kier alpha value is -1.00. The molecular weight excluding hydrogens is 258 g/mol. The van der Waals surface area contributed by atoms with E-state index in [9.17, 15) is 9.90 Å². The van der Waals surface area contributed by atoms with E-state index in [1.807, 2.05) is 0 Å². The number of hydrogen-bond acceptors (Lipinski definition) is 3. The number of carbonyl (C=O) groups is 1. The number of thioether (sulfide) groups is 1. The summed E-state index contributed by atoms with van der Waals surface area (Å²) >= 11 is 1.55. The third-order valence-corrected chi connectivity index (χ3v) is 4.53. The lowest BCUT2D eigenvalue weighted by molar-refractivity contribution is -0.119. The molecule has 0 spiro atoms. The maximum atomic E-state index is 11.7. The zero-order valence-electron chi connectivity index (χ0n) is 11.5. The monoisotopic (exact) mass is 279 g/mol. The average molecular weight is 279 g/mol. The Morgan fingerprint density at radius 3 is 2.89 bits per heavy atom. The Kier molecular flexibility index (Phi) is 4.88. The Bertz CT molecular complexity index is 457. The van der Waals surface area contributed by atoms with Crippen molar-refractivity contribution in [2.45, 2.75) is 37.7 Å². The average Bonchev–Trinajstić information content (AvgIpc) is 3.21. The number of hydrogen-bond donors (Lipinski definition) is 2. The number of aryl methyl sites for hydroxylation is 2. The van der Waals surface area contributed by atoms with Crippen molar-refractivity contribution in [2.75, 3.05) is 12.3 Å². The second kappa shape index (κ2) is 6.44. The van der Waals surface area contributed by atoms with Crippen LogP contribution < -0.4 is 5.32 Å². The summed E-state index contributed by atoms with van der Waals surface area (Å²) in [5.41, 5.74) is 2.40. The largest absolute Gasteiger partial charge is 0.391 e. The highest BCUT2D eigenvalue weighted by Gasteiger charge is 2.29. The van der Waals surface area contributed by atoms with E-state index < -0.39 is 0 Å². The minimum absolute atomic E-state index is 0.00870. The first kappa shape index (κ1) is 14.4. The van der Waals surface area contributed by atoms with Crippen molar-refractivity contribution in [1.82, 2.24) is 5.32 Å². The molecule has 19 heavy (non-hydrogen) atoms. The second-order valence-corrected chi connectivity index (χ2v) is 6.28. The van der Waals surface area contributed by atoms with Crippen LogP contribution in [0.25, 0.3) is 0 Å². The molecule has 2 rings (SSSR count). The zero-order valence-corrected chi connectivity index (χ0v) is 12.3. The number of rotatable bonds is 6. The molecule has 2 N–H and O–H groups in total. The number of aliphatic hydroxyl groups excluding tert-OH is 1. The van der Waals surface area contributed by atoms with Gasteiger partial charge in [-0.25, -0.2) is 0 Å². The molecule has 1 unspecified atom stereocenters. The van der Waals surface area contributed by atoms with Gasteiger partial charge in [0.1, 0.15) is 0 Å². The lowest BCUT2D eigenvalue weighted by atomic mass is 10.2. The van der Waals surface area contributed by atoms with Crippen molar-refractivity contribution in [1.29, 1.82) is 0 Å². The molecule has 1 aliphatic carbocycles. The first-order chi connectivity index (χ1) is 9.06. The van der Waals surface area contributed by atoms with E-state index in [4.69, 9.17) is 0 Å². The summed E-state index contributed by atoms with van der Waals surface area (Å²) in [6.45, 7) is 4.49. The van der Waals surface area contributed by atoms with Crippen LogP contribution in [0.3, 0.4) is 0 Å². The standard InChI is InChI=1S/C15H21NO2S/c1-10-3-4-11(2)14(7-10)19-9-15(18)16-8-13(17)12-5-6-12/h3-4,7,12-13,17H,5-6,8-9H2,1-2H3,(H,16,18). The lowest BCUT2D eigenvalue weighted by Crippen LogP contribution is -2.34. The van der Waals surface area contributed by atoms with E-state index in [-0.39, 0.29) is 12.0 Å². The van der Waals surface area contributed by atoms with Crippen LogP contribution in [-0.4, -0.2) is 29.4 Å². The fourth-order valence-electron chi connectivity index (χ4n) is 1.92. The quantitative estimate of drug-likeness (QED) is 0.786. The molecule has 1 amide bonds. The van der Waals surface area contributed by atoms with Crippen LogP contribution in [0.4, 0.5) is 0 Å². The molecular formula is C15H21NO2S. The Morgan fingerprint density at radius 1 is 1.47 bits per heavy atom. The van der Waals surface area contributed by atoms with Crippen LogP contribution in [0.5, 0.6) is 0 Å². The van der Waals surface area contributed by atoms with Crippen LogP contribution in [0.15, 0.2) is 23.1 Å². The number of nitrogens with one attached hydrogen (secondary N) is 1. The van der Waals surface area contributed by atoms with Crippen molar-refractivity contribution in [3.05, 3.63) is 29.3 Å². The van der Waals surface area contributed by atoms with Crippen molar-refractivity contribution in [2.24, 2.45) is 5.92 Å². The molecule has 1 saturated carbocycles. The van der Waals surface area contributed by atoms with Gasteiger partial charge in [-0.15, -0.1) is 11.8 Å². The van der Waals surface area contributed by atoms with Crippen LogP contribution >= 0.6 is 11.8 Å². The van der Waals surface area contributed by atoms with E-state index in [1.165, 1.54) is 11.1 Å². The molecule has 1 fully saturated rings. The molecule has 1 atom stereocenters. The topological polar surface area (TPSA) is 49.3 Å². The first-order valence-corrected chi connectivity index (χ1v) is 7.69. The highest BCUT2D eigenvalue weighted by atomic mass is 32.2. The Balaban J connectivity index is 1.74. The molecule has 0 saturated heterocycles. The van der Waals surface area contributed by atoms with E-state index in [1.54, 1.807) is 11.8 Å². The van der Waals surface area contributed by atoms with E-state index in [0.29, 0.717) is 18.2 Å². The van der Waals surface area contributed by atoms with E-state index >= 15 is 0 Å². The van der Waals surface area contributed by atoms with Crippen LogP contribution in [-0.2, 0) is 4.79 Å². The van der Waals surface area contributed by atoms with Crippen molar-refractivity contribution in [3.8, 4) is 0 Å². The van der Waals surface area contributed by atoms with Gasteiger partial charge >= 0.3 is 0 Å². The third kappa shape index (κ3) is 4.55. The number of aliphatic hydroxyl groups is 1. The predicted molar refractivity (Wildman–Crippen MR) is 78.4 cm³/mol. The summed E-state index contributed by atoms with van der Waals surface area (Å²) in [4.78, 5) is 12.9. The minimum Gasteiger partial charge on any atom is -0.391 e. The third-order valence-electron chi connectivity index (χ3n) is 3.38. The molecule has 0 heterocycles. The predicted octanol–water partition coefficient (Wildman–Crippen LogP) is 2.28. The molecule has 104 valence electrons. The van der Waals surface area contributed by atoms with Crippen molar-refractivity contribution < 1.29 is 9.90 Å². The van der Waals surface area contributed by atoms with Crippen molar-refractivity contribution >= 4 is 17.7 Å². The number of amides is 1. The van der Waals surface area contributed by atoms with Crippen LogP contribution in [0, 0.1) is 19.8 Å². The van der Waals surface area contributed by atoms with Gasteiger partial charge in [0.05, 0.1) is 11.9 Å². The first-order valence-electron chi connectivity index (χ1n) is 6.71. The van der Waals surface area contributed by atoms with Gasteiger partial charge in [-0.2, -0.15) is 0 Å². The number of carbonyl (C=O) groups excluding carboxylic acids is 1. The van der Waals surface area contributed by atoms with E-state index in [0.717, 1.165) is 17.7 Å². The minimum atomic E-state index is -0.366. The van der Waals surface area contributed by atoms with E-state index in [2.05, 4.69) is 37.4 Å². The summed E-state index contributed by atoms with van der Waals surface area (Å²) in [5, 5.41) is 12.5. The summed E-state index contributed by atoms with van der Waals surface area (Å²) in [6.07, 6.45) is 1.82.